The standard InChI is InChI=1S/C22H13Br2Cl2N3O2/c23-17-9-12(10-18(24)20(17)30)19-11-27-21(29-28-19)22(31,13-1-5-15(25)6-2-13)14-3-7-16(26)8-4-14/h1-11,30-31H. The van der Waals surface area contributed by atoms with E-state index in [0.29, 0.717) is 41.4 Å². The molecule has 0 aliphatic rings. The smallest absolute Gasteiger partial charge is 0.192 e. The quantitative estimate of drug-likeness (QED) is 0.293. The minimum atomic E-state index is -1.67. The lowest BCUT2D eigenvalue weighted by Crippen LogP contribution is -2.31. The SMILES string of the molecule is Oc1c(Br)cc(-c2cnc(C(O)(c3ccc(Cl)cc3)c3ccc(Cl)cc3)nn2)cc1Br. The summed E-state index contributed by atoms with van der Waals surface area (Å²) in [6.07, 6.45) is 1.52. The first-order chi connectivity index (χ1) is 14.8. The number of aromatic hydroxyl groups is 1. The Balaban J connectivity index is 1.82. The Kier molecular flexibility index (Phi) is 6.32. The van der Waals surface area contributed by atoms with E-state index in [1.807, 2.05) is 0 Å². The van der Waals surface area contributed by atoms with Crippen LogP contribution in [0.2, 0.25) is 10.0 Å². The molecule has 4 rings (SSSR count). The number of halogens is 4. The van der Waals surface area contributed by atoms with Crippen molar-refractivity contribution in [1.82, 2.24) is 15.2 Å². The van der Waals surface area contributed by atoms with Crippen LogP contribution in [0, 0.1) is 0 Å². The third-order valence-electron chi connectivity index (χ3n) is 4.72. The van der Waals surface area contributed by atoms with Gasteiger partial charge in [-0.25, -0.2) is 4.98 Å². The Morgan fingerprint density at radius 3 is 1.68 bits per heavy atom. The molecule has 0 aliphatic heterocycles. The van der Waals surface area contributed by atoms with E-state index in [2.05, 4.69) is 47.0 Å². The van der Waals surface area contributed by atoms with Gasteiger partial charge >= 0.3 is 0 Å². The summed E-state index contributed by atoms with van der Waals surface area (Å²) in [6.45, 7) is 0. The van der Waals surface area contributed by atoms with Crippen molar-refractivity contribution >= 4 is 55.1 Å². The van der Waals surface area contributed by atoms with Gasteiger partial charge in [-0.2, -0.15) is 0 Å². The highest BCUT2D eigenvalue weighted by Crippen LogP contribution is 2.38. The zero-order chi connectivity index (χ0) is 22.2. The zero-order valence-electron chi connectivity index (χ0n) is 15.6. The lowest BCUT2D eigenvalue weighted by atomic mass is 9.85. The number of phenolic OH excluding ortho intramolecular Hbond substituents is 1. The molecule has 0 atom stereocenters. The fourth-order valence-corrected chi connectivity index (χ4v) is 4.53. The molecule has 2 N–H and O–H groups in total. The van der Waals surface area contributed by atoms with Crippen LogP contribution in [-0.2, 0) is 5.60 Å². The van der Waals surface area contributed by atoms with E-state index in [0.717, 1.165) is 0 Å². The van der Waals surface area contributed by atoms with Crippen molar-refractivity contribution in [3.63, 3.8) is 0 Å². The van der Waals surface area contributed by atoms with E-state index in [1.165, 1.54) is 6.20 Å². The maximum absolute atomic E-state index is 11.8. The number of aromatic nitrogens is 3. The Bertz CT molecular complexity index is 1170. The molecule has 0 fully saturated rings. The molecule has 156 valence electrons. The molecule has 0 radical (unpaired) electrons. The highest BCUT2D eigenvalue weighted by atomic mass is 79.9. The molecule has 0 saturated heterocycles. The van der Waals surface area contributed by atoms with E-state index in [1.54, 1.807) is 60.7 Å². The number of hydrogen-bond donors (Lipinski definition) is 2. The first-order valence-electron chi connectivity index (χ1n) is 8.92. The number of aliphatic hydroxyl groups is 1. The van der Waals surface area contributed by atoms with E-state index >= 15 is 0 Å². The van der Waals surface area contributed by atoms with Gasteiger partial charge in [0, 0.05) is 15.6 Å². The van der Waals surface area contributed by atoms with Gasteiger partial charge in [-0.1, -0.05) is 47.5 Å². The van der Waals surface area contributed by atoms with Crippen LogP contribution in [0.25, 0.3) is 11.3 Å². The van der Waals surface area contributed by atoms with Crippen LogP contribution in [0.1, 0.15) is 17.0 Å². The van der Waals surface area contributed by atoms with Crippen molar-refractivity contribution in [2.24, 2.45) is 0 Å². The average molecular weight is 582 g/mol. The van der Waals surface area contributed by atoms with E-state index < -0.39 is 5.60 Å². The van der Waals surface area contributed by atoms with Crippen molar-refractivity contribution in [3.05, 3.63) is 103 Å². The van der Waals surface area contributed by atoms with E-state index in [-0.39, 0.29) is 11.6 Å². The molecule has 0 unspecified atom stereocenters. The Hall–Kier alpha value is -2.03. The van der Waals surface area contributed by atoms with Crippen LogP contribution in [0.4, 0.5) is 0 Å². The third-order valence-corrected chi connectivity index (χ3v) is 6.43. The fraction of sp³-hybridized carbons (Fsp3) is 0.0455. The summed E-state index contributed by atoms with van der Waals surface area (Å²) in [4.78, 5) is 4.42. The molecular weight excluding hydrogens is 569 g/mol. The summed E-state index contributed by atoms with van der Waals surface area (Å²) in [5.41, 5.74) is 0.550. The Morgan fingerprint density at radius 1 is 0.774 bits per heavy atom. The maximum atomic E-state index is 11.8. The number of nitrogens with zero attached hydrogens (tertiary/aromatic N) is 3. The van der Waals surface area contributed by atoms with Crippen molar-refractivity contribution in [2.45, 2.75) is 5.60 Å². The van der Waals surface area contributed by atoms with Gasteiger partial charge in [0.2, 0.25) is 0 Å². The van der Waals surface area contributed by atoms with Crippen molar-refractivity contribution in [1.29, 1.82) is 0 Å². The van der Waals surface area contributed by atoms with Gasteiger partial charge in [0.05, 0.1) is 15.1 Å². The second kappa shape index (κ2) is 8.84. The summed E-state index contributed by atoms with van der Waals surface area (Å²) in [5, 5.41) is 31.3. The lowest BCUT2D eigenvalue weighted by Gasteiger charge is -2.27. The minimum Gasteiger partial charge on any atom is -0.506 e. The molecule has 9 heteroatoms. The van der Waals surface area contributed by atoms with E-state index in [9.17, 15) is 10.2 Å². The molecule has 0 bridgehead atoms. The monoisotopic (exact) mass is 579 g/mol. The number of phenols is 1. The van der Waals surface area contributed by atoms with Crippen LogP contribution < -0.4 is 0 Å². The van der Waals surface area contributed by atoms with Crippen LogP contribution >= 0.6 is 55.1 Å². The largest absolute Gasteiger partial charge is 0.506 e. The van der Waals surface area contributed by atoms with Crippen LogP contribution in [0.15, 0.2) is 75.8 Å². The second-order valence-electron chi connectivity index (χ2n) is 6.68. The molecule has 4 aromatic rings. The summed E-state index contributed by atoms with van der Waals surface area (Å²) >= 11 is 18.7. The highest BCUT2D eigenvalue weighted by molar-refractivity contribution is 9.11. The molecule has 1 aromatic heterocycles. The number of hydrogen-bond acceptors (Lipinski definition) is 5. The zero-order valence-corrected chi connectivity index (χ0v) is 20.3. The molecule has 0 spiro atoms. The second-order valence-corrected chi connectivity index (χ2v) is 9.26. The Labute approximate surface area is 205 Å². The summed E-state index contributed by atoms with van der Waals surface area (Å²) in [6, 6.07) is 17.0. The third kappa shape index (κ3) is 4.33. The molecule has 5 nitrogen and oxygen atoms in total. The van der Waals surface area contributed by atoms with Gasteiger partial charge in [-0.05, 0) is 79.4 Å². The predicted octanol–water partition coefficient (Wildman–Crippen LogP) is 6.36. The van der Waals surface area contributed by atoms with Crippen LogP contribution in [0.5, 0.6) is 5.75 Å². The van der Waals surface area contributed by atoms with Crippen molar-refractivity contribution in [2.75, 3.05) is 0 Å². The summed E-state index contributed by atoms with van der Waals surface area (Å²) < 4.78 is 1.00. The van der Waals surface area contributed by atoms with Gasteiger partial charge in [0.15, 0.2) is 11.4 Å². The van der Waals surface area contributed by atoms with Gasteiger partial charge in [-0.3, -0.25) is 0 Å². The summed E-state index contributed by atoms with van der Waals surface area (Å²) in [5.74, 6) is 0.180. The molecule has 3 aromatic carbocycles. The molecule has 0 amide bonds. The normalized spacial score (nSPS) is 11.5. The topological polar surface area (TPSA) is 79.1 Å². The summed E-state index contributed by atoms with van der Waals surface area (Å²) in [7, 11) is 0. The van der Waals surface area contributed by atoms with Crippen LogP contribution in [-0.4, -0.2) is 25.4 Å². The highest BCUT2D eigenvalue weighted by Gasteiger charge is 2.37. The number of benzene rings is 3. The minimum absolute atomic E-state index is 0.0844. The van der Waals surface area contributed by atoms with Gasteiger partial charge in [0.25, 0.3) is 0 Å². The first-order valence-corrected chi connectivity index (χ1v) is 11.3. The molecule has 1 heterocycles. The average Bonchev–Trinajstić information content (AvgIpc) is 2.77. The number of rotatable bonds is 4. The van der Waals surface area contributed by atoms with E-state index in [4.69, 9.17) is 23.2 Å². The predicted molar refractivity (Wildman–Crippen MR) is 127 cm³/mol. The van der Waals surface area contributed by atoms with Gasteiger partial charge in [-0.15, -0.1) is 10.2 Å². The van der Waals surface area contributed by atoms with Gasteiger partial charge in [0.1, 0.15) is 11.4 Å². The Morgan fingerprint density at radius 2 is 1.26 bits per heavy atom. The molecular formula is C22H13Br2Cl2N3O2. The first kappa shape index (κ1) is 22.2. The van der Waals surface area contributed by atoms with Gasteiger partial charge < -0.3 is 10.2 Å². The molecule has 0 aliphatic carbocycles. The molecule has 0 saturated carbocycles. The lowest BCUT2D eigenvalue weighted by molar-refractivity contribution is 0.114. The van der Waals surface area contributed by atoms with Crippen LogP contribution in [0.3, 0.4) is 0 Å². The fourth-order valence-electron chi connectivity index (χ4n) is 3.09. The van der Waals surface area contributed by atoms with Crippen molar-refractivity contribution < 1.29 is 10.2 Å². The van der Waals surface area contributed by atoms with Crippen molar-refractivity contribution in [3.8, 4) is 17.0 Å². The maximum Gasteiger partial charge on any atom is 0.192 e. The molecule has 31 heavy (non-hydrogen) atoms.